The molecule has 5 nitrogen and oxygen atoms in total. The van der Waals surface area contributed by atoms with Crippen molar-refractivity contribution >= 4 is 5.91 Å². The lowest BCUT2D eigenvalue weighted by atomic mass is 10.1. The molecule has 3 atom stereocenters. The molecule has 1 heterocycles. The zero-order chi connectivity index (χ0) is 15.0. The summed E-state index contributed by atoms with van der Waals surface area (Å²) in [5, 5.41) is 10.5. The number of aliphatic hydroxyl groups is 1. The number of nitrogens with zero attached hydrogens (tertiary/aromatic N) is 2. The Balaban J connectivity index is 1.63. The van der Waals surface area contributed by atoms with E-state index in [0.717, 1.165) is 38.2 Å². The molecule has 0 spiro atoms. The fourth-order valence-electron chi connectivity index (χ4n) is 3.52. The summed E-state index contributed by atoms with van der Waals surface area (Å²) in [7, 11) is 0. The van der Waals surface area contributed by atoms with Gasteiger partial charge in [0, 0.05) is 32.2 Å². The molecule has 1 saturated heterocycles. The highest BCUT2D eigenvalue weighted by molar-refractivity contribution is 5.79. The van der Waals surface area contributed by atoms with Crippen molar-refractivity contribution in [1.29, 1.82) is 0 Å². The Morgan fingerprint density at radius 2 is 1.95 bits per heavy atom. The van der Waals surface area contributed by atoms with E-state index in [1.807, 2.05) is 25.1 Å². The second kappa shape index (κ2) is 5.75. The first-order valence-electron chi connectivity index (χ1n) is 7.61. The predicted octanol–water partition coefficient (Wildman–Crippen LogP) is 0.136. The number of hydrogen-bond acceptors (Lipinski definition) is 4. The normalized spacial score (nSPS) is 28.3. The minimum atomic E-state index is -0.402. The average molecular weight is 289 g/mol. The molecule has 5 heteroatoms. The molecule has 0 bridgehead atoms. The Labute approximate surface area is 125 Å². The summed E-state index contributed by atoms with van der Waals surface area (Å²) in [6, 6.07) is 8.08. The van der Waals surface area contributed by atoms with Crippen LogP contribution in [-0.4, -0.2) is 59.1 Å². The first-order chi connectivity index (χ1) is 10.1. The number of hydrogen-bond donors (Lipinski definition) is 2. The summed E-state index contributed by atoms with van der Waals surface area (Å²) in [5.74, 6) is -0.267. The van der Waals surface area contributed by atoms with Gasteiger partial charge in [-0.15, -0.1) is 0 Å². The molecule has 2 aliphatic rings. The molecule has 1 aliphatic carbocycles. The van der Waals surface area contributed by atoms with Crippen molar-refractivity contribution in [3.8, 4) is 0 Å². The van der Waals surface area contributed by atoms with Crippen LogP contribution in [0.25, 0.3) is 0 Å². The number of carbonyl (C=O) groups excluding carboxylic acids is 1. The number of carbonyl (C=O) groups is 1. The van der Waals surface area contributed by atoms with Gasteiger partial charge in [-0.05, 0) is 24.5 Å². The molecule has 3 N–H and O–H groups in total. The zero-order valence-corrected chi connectivity index (χ0v) is 12.4. The van der Waals surface area contributed by atoms with Crippen molar-refractivity contribution in [3.63, 3.8) is 0 Å². The van der Waals surface area contributed by atoms with Crippen LogP contribution in [0.2, 0.25) is 0 Å². The van der Waals surface area contributed by atoms with E-state index < -0.39 is 6.10 Å². The number of amides is 1. The summed E-state index contributed by atoms with van der Waals surface area (Å²) in [6.07, 6.45) is 0.504. The maximum Gasteiger partial charge on any atom is 0.234 e. The molecule has 3 rings (SSSR count). The second-order valence-electron chi connectivity index (χ2n) is 6.07. The van der Waals surface area contributed by atoms with Crippen molar-refractivity contribution in [2.45, 2.75) is 31.5 Å². The van der Waals surface area contributed by atoms with Gasteiger partial charge in [0.25, 0.3) is 0 Å². The van der Waals surface area contributed by atoms with E-state index in [9.17, 15) is 9.90 Å². The first kappa shape index (κ1) is 14.5. The number of rotatable bonds is 3. The largest absolute Gasteiger partial charge is 0.387 e. The topological polar surface area (TPSA) is 69.8 Å². The molecule has 114 valence electrons. The molecule has 1 aliphatic heterocycles. The highest BCUT2D eigenvalue weighted by Gasteiger charge is 2.36. The molecule has 0 aromatic heterocycles. The maximum absolute atomic E-state index is 11.3. The van der Waals surface area contributed by atoms with Crippen LogP contribution in [0.4, 0.5) is 0 Å². The van der Waals surface area contributed by atoms with Crippen LogP contribution in [-0.2, 0) is 11.2 Å². The molecule has 21 heavy (non-hydrogen) atoms. The highest BCUT2D eigenvalue weighted by Crippen LogP contribution is 2.34. The molecular weight excluding hydrogens is 266 g/mol. The number of benzene rings is 1. The van der Waals surface area contributed by atoms with Crippen LogP contribution in [0.5, 0.6) is 0 Å². The molecule has 0 radical (unpaired) electrons. The Morgan fingerprint density at radius 1 is 1.29 bits per heavy atom. The monoisotopic (exact) mass is 289 g/mol. The van der Waals surface area contributed by atoms with Crippen LogP contribution in [0.1, 0.15) is 24.2 Å². The first-order valence-corrected chi connectivity index (χ1v) is 7.61. The maximum atomic E-state index is 11.3. The molecule has 1 aromatic rings. The Bertz CT molecular complexity index is 526. The van der Waals surface area contributed by atoms with Crippen LogP contribution in [0, 0.1) is 0 Å². The van der Waals surface area contributed by atoms with E-state index in [1.165, 1.54) is 5.56 Å². The van der Waals surface area contributed by atoms with Crippen LogP contribution < -0.4 is 5.73 Å². The quantitative estimate of drug-likeness (QED) is 0.830. The van der Waals surface area contributed by atoms with Gasteiger partial charge in [-0.25, -0.2) is 0 Å². The molecule has 0 unspecified atom stereocenters. The fourth-order valence-corrected chi connectivity index (χ4v) is 3.52. The molecule has 1 amide bonds. The number of nitrogens with two attached hydrogens (primary N) is 1. The number of fused-ring (bicyclic) bond motifs is 1. The summed E-state index contributed by atoms with van der Waals surface area (Å²) >= 11 is 0. The lowest BCUT2D eigenvalue weighted by molar-refractivity contribution is -0.123. The van der Waals surface area contributed by atoms with Crippen LogP contribution in [0.15, 0.2) is 24.3 Å². The lowest BCUT2D eigenvalue weighted by Crippen LogP contribution is -2.55. The molecule has 1 aromatic carbocycles. The second-order valence-corrected chi connectivity index (χ2v) is 6.07. The Kier molecular flexibility index (Phi) is 3.97. The van der Waals surface area contributed by atoms with E-state index in [4.69, 9.17) is 5.73 Å². The van der Waals surface area contributed by atoms with Gasteiger partial charge >= 0.3 is 0 Å². The highest BCUT2D eigenvalue weighted by atomic mass is 16.3. The number of piperazine rings is 1. The van der Waals surface area contributed by atoms with Crippen molar-refractivity contribution < 1.29 is 9.90 Å². The number of primary amides is 1. The minimum absolute atomic E-state index is 0.161. The third kappa shape index (κ3) is 2.69. The van der Waals surface area contributed by atoms with Gasteiger partial charge in [-0.3, -0.25) is 14.6 Å². The van der Waals surface area contributed by atoms with Crippen LogP contribution in [0.3, 0.4) is 0 Å². The SMILES string of the molecule is C[C@H](C(N)=O)N1CCN([C@H]2Cc3ccccc3[C@H]2O)CC1. The van der Waals surface area contributed by atoms with E-state index in [1.54, 1.807) is 0 Å². The van der Waals surface area contributed by atoms with Crippen LogP contribution >= 0.6 is 0 Å². The van der Waals surface area contributed by atoms with Gasteiger partial charge in [0.15, 0.2) is 0 Å². The molecule has 1 fully saturated rings. The van der Waals surface area contributed by atoms with Crippen molar-refractivity contribution in [3.05, 3.63) is 35.4 Å². The van der Waals surface area contributed by atoms with Gasteiger partial charge in [0.2, 0.25) is 5.91 Å². The Hall–Kier alpha value is -1.43. The third-order valence-electron chi connectivity index (χ3n) is 4.94. The summed E-state index contributed by atoms with van der Waals surface area (Å²) in [5.41, 5.74) is 7.69. The van der Waals surface area contributed by atoms with Gasteiger partial charge in [-0.1, -0.05) is 24.3 Å². The standard InChI is InChI=1S/C16H23N3O2/c1-11(16(17)21)18-6-8-19(9-7-18)14-10-12-4-2-3-5-13(12)15(14)20/h2-5,11,14-15,20H,6-10H2,1H3,(H2,17,21)/t11-,14+,15-/m1/s1. The lowest BCUT2D eigenvalue weighted by Gasteiger charge is -2.40. The van der Waals surface area contributed by atoms with Gasteiger partial charge in [0.05, 0.1) is 12.1 Å². The summed E-state index contributed by atoms with van der Waals surface area (Å²) in [4.78, 5) is 15.7. The van der Waals surface area contributed by atoms with Crippen molar-refractivity contribution in [2.24, 2.45) is 5.73 Å². The molecular formula is C16H23N3O2. The third-order valence-corrected chi connectivity index (χ3v) is 4.94. The van der Waals surface area contributed by atoms with Crippen molar-refractivity contribution in [1.82, 2.24) is 9.80 Å². The predicted molar refractivity (Wildman–Crippen MR) is 80.7 cm³/mol. The van der Waals surface area contributed by atoms with Gasteiger partial charge < -0.3 is 10.8 Å². The zero-order valence-electron chi connectivity index (χ0n) is 12.4. The van der Waals surface area contributed by atoms with Gasteiger partial charge in [-0.2, -0.15) is 0 Å². The fraction of sp³-hybridized carbons (Fsp3) is 0.562. The smallest absolute Gasteiger partial charge is 0.234 e. The number of aliphatic hydroxyl groups excluding tert-OH is 1. The van der Waals surface area contributed by atoms with E-state index in [-0.39, 0.29) is 18.0 Å². The van der Waals surface area contributed by atoms with E-state index >= 15 is 0 Å². The Morgan fingerprint density at radius 3 is 2.57 bits per heavy atom. The average Bonchev–Trinajstić information content (AvgIpc) is 2.84. The van der Waals surface area contributed by atoms with E-state index in [2.05, 4.69) is 15.9 Å². The van der Waals surface area contributed by atoms with E-state index in [0.29, 0.717) is 0 Å². The van der Waals surface area contributed by atoms with Gasteiger partial charge in [0.1, 0.15) is 0 Å². The molecule has 0 saturated carbocycles. The summed E-state index contributed by atoms with van der Waals surface area (Å²) in [6.45, 7) is 5.24. The minimum Gasteiger partial charge on any atom is -0.387 e. The summed E-state index contributed by atoms with van der Waals surface area (Å²) < 4.78 is 0. The van der Waals surface area contributed by atoms with Crippen molar-refractivity contribution in [2.75, 3.05) is 26.2 Å².